The molecule has 0 spiro atoms. The van der Waals surface area contributed by atoms with Crippen LogP contribution in [0.5, 0.6) is 5.75 Å². The number of hydrogen-bond acceptors (Lipinski definition) is 4. The van der Waals surface area contributed by atoms with Gasteiger partial charge in [-0.25, -0.2) is 0 Å². The van der Waals surface area contributed by atoms with Crippen molar-refractivity contribution in [3.8, 4) is 5.75 Å². The number of nitrogens with two attached hydrogens (primary N) is 1. The Morgan fingerprint density at radius 2 is 2.16 bits per heavy atom. The van der Waals surface area contributed by atoms with E-state index in [9.17, 15) is 0 Å². The first-order valence-corrected chi connectivity index (χ1v) is 8.07. The lowest BCUT2D eigenvalue weighted by Crippen LogP contribution is -2.38. The summed E-state index contributed by atoms with van der Waals surface area (Å²) in [6.45, 7) is 2.71. The quantitative estimate of drug-likeness (QED) is 0.840. The van der Waals surface area contributed by atoms with Crippen LogP contribution in [0, 0.1) is 0 Å². The minimum atomic E-state index is 0.0609. The molecule has 19 heavy (non-hydrogen) atoms. The van der Waals surface area contributed by atoms with Crippen LogP contribution in [0.1, 0.15) is 18.5 Å². The molecule has 2 N–H and O–H groups in total. The fourth-order valence-corrected chi connectivity index (χ4v) is 3.18. The summed E-state index contributed by atoms with van der Waals surface area (Å²) in [7, 11) is 3.75. The number of benzene rings is 1. The maximum Gasteiger partial charge on any atom is 0.125 e. The molecule has 2 atom stereocenters. The minimum absolute atomic E-state index is 0.0609. The van der Waals surface area contributed by atoms with E-state index >= 15 is 0 Å². The second-order valence-electron chi connectivity index (χ2n) is 4.58. The largest absolute Gasteiger partial charge is 0.496 e. The van der Waals surface area contributed by atoms with Gasteiger partial charge in [-0.3, -0.25) is 4.90 Å². The normalized spacial score (nSPS) is 14.5. The van der Waals surface area contributed by atoms with Crippen LogP contribution in [-0.4, -0.2) is 43.7 Å². The zero-order valence-corrected chi connectivity index (χ0v) is 13.6. The SMILES string of the molecule is COc1cccc(Cl)c1C(CN)N(C)C(C)CSC. The maximum atomic E-state index is 6.34. The number of thioether (sulfide) groups is 1. The molecule has 0 saturated carbocycles. The van der Waals surface area contributed by atoms with E-state index in [4.69, 9.17) is 22.1 Å². The van der Waals surface area contributed by atoms with Crippen LogP contribution in [0.3, 0.4) is 0 Å². The van der Waals surface area contributed by atoms with Gasteiger partial charge in [-0.2, -0.15) is 11.8 Å². The summed E-state index contributed by atoms with van der Waals surface area (Å²) >= 11 is 8.17. The average molecular weight is 303 g/mol. The van der Waals surface area contributed by atoms with Gasteiger partial charge in [0.25, 0.3) is 0 Å². The molecule has 5 heteroatoms. The van der Waals surface area contributed by atoms with E-state index in [0.717, 1.165) is 17.1 Å². The lowest BCUT2D eigenvalue weighted by Gasteiger charge is -2.33. The Morgan fingerprint density at radius 1 is 1.47 bits per heavy atom. The Balaban J connectivity index is 3.09. The van der Waals surface area contributed by atoms with Crippen LogP contribution in [0.4, 0.5) is 0 Å². The van der Waals surface area contributed by atoms with Gasteiger partial charge in [0.15, 0.2) is 0 Å². The summed E-state index contributed by atoms with van der Waals surface area (Å²) in [5.74, 6) is 1.85. The molecule has 0 fully saturated rings. The molecule has 0 radical (unpaired) electrons. The van der Waals surface area contributed by atoms with Gasteiger partial charge in [0.1, 0.15) is 5.75 Å². The van der Waals surface area contributed by atoms with Crippen molar-refractivity contribution in [2.24, 2.45) is 5.73 Å². The Bertz CT molecular complexity index is 403. The highest BCUT2D eigenvalue weighted by Crippen LogP contribution is 2.35. The van der Waals surface area contributed by atoms with E-state index in [0.29, 0.717) is 17.6 Å². The predicted octanol–water partition coefficient (Wildman–Crippen LogP) is 3.03. The highest BCUT2D eigenvalue weighted by molar-refractivity contribution is 7.98. The highest BCUT2D eigenvalue weighted by atomic mass is 35.5. The van der Waals surface area contributed by atoms with Crippen molar-refractivity contribution >= 4 is 23.4 Å². The third kappa shape index (κ3) is 4.02. The summed E-state index contributed by atoms with van der Waals surface area (Å²) in [6, 6.07) is 6.19. The summed E-state index contributed by atoms with van der Waals surface area (Å²) in [6.07, 6.45) is 2.11. The van der Waals surface area contributed by atoms with Crippen LogP contribution >= 0.6 is 23.4 Å². The molecule has 0 aromatic heterocycles. The van der Waals surface area contributed by atoms with Crippen molar-refractivity contribution < 1.29 is 4.74 Å². The second-order valence-corrected chi connectivity index (χ2v) is 5.89. The van der Waals surface area contributed by atoms with Gasteiger partial charge in [0.2, 0.25) is 0 Å². The zero-order chi connectivity index (χ0) is 14.4. The van der Waals surface area contributed by atoms with Gasteiger partial charge in [-0.05, 0) is 32.4 Å². The molecule has 3 nitrogen and oxygen atoms in total. The molecule has 0 saturated heterocycles. The van der Waals surface area contributed by atoms with Crippen molar-refractivity contribution in [3.63, 3.8) is 0 Å². The van der Waals surface area contributed by atoms with Gasteiger partial charge in [-0.15, -0.1) is 0 Å². The lowest BCUT2D eigenvalue weighted by molar-refractivity contribution is 0.200. The Labute approximate surface area is 125 Å². The molecule has 0 heterocycles. The Kier molecular flexibility index (Phi) is 7.00. The summed E-state index contributed by atoms with van der Waals surface area (Å²) in [5.41, 5.74) is 6.95. The van der Waals surface area contributed by atoms with Crippen molar-refractivity contribution in [1.82, 2.24) is 4.90 Å². The van der Waals surface area contributed by atoms with E-state index in [2.05, 4.69) is 25.1 Å². The Hall–Kier alpha value is -0.420. The number of rotatable bonds is 7. The number of hydrogen-bond donors (Lipinski definition) is 1. The highest BCUT2D eigenvalue weighted by Gasteiger charge is 2.25. The first-order valence-electron chi connectivity index (χ1n) is 6.30. The average Bonchev–Trinajstić information content (AvgIpc) is 2.41. The lowest BCUT2D eigenvalue weighted by atomic mass is 10.0. The Morgan fingerprint density at radius 3 is 2.68 bits per heavy atom. The van der Waals surface area contributed by atoms with E-state index in [-0.39, 0.29) is 6.04 Å². The van der Waals surface area contributed by atoms with Crippen molar-refractivity contribution in [3.05, 3.63) is 28.8 Å². The summed E-state index contributed by atoms with van der Waals surface area (Å²) in [4.78, 5) is 2.26. The van der Waals surface area contributed by atoms with E-state index < -0.39 is 0 Å². The number of methoxy groups -OCH3 is 1. The maximum absolute atomic E-state index is 6.34. The first-order chi connectivity index (χ1) is 9.06. The first kappa shape index (κ1) is 16.6. The molecule has 0 aliphatic heterocycles. The predicted molar refractivity (Wildman–Crippen MR) is 85.4 cm³/mol. The third-order valence-corrected chi connectivity index (χ3v) is 4.53. The number of halogens is 1. The molecule has 1 rings (SSSR count). The molecule has 0 amide bonds. The van der Waals surface area contributed by atoms with Gasteiger partial charge in [0.05, 0.1) is 13.2 Å². The van der Waals surface area contributed by atoms with Gasteiger partial charge >= 0.3 is 0 Å². The number of likely N-dealkylation sites (N-methyl/N-ethyl adjacent to an activating group) is 1. The fraction of sp³-hybridized carbons (Fsp3) is 0.571. The van der Waals surface area contributed by atoms with E-state index in [1.54, 1.807) is 7.11 Å². The smallest absolute Gasteiger partial charge is 0.125 e. The third-order valence-electron chi connectivity index (χ3n) is 3.38. The van der Waals surface area contributed by atoms with Gasteiger partial charge in [0, 0.05) is 28.9 Å². The van der Waals surface area contributed by atoms with Crippen LogP contribution < -0.4 is 10.5 Å². The molecule has 0 aliphatic rings. The summed E-state index contributed by atoms with van der Waals surface area (Å²) in [5, 5.41) is 0.706. The molecule has 108 valence electrons. The van der Waals surface area contributed by atoms with Crippen molar-refractivity contribution in [1.29, 1.82) is 0 Å². The van der Waals surface area contributed by atoms with E-state index in [1.165, 1.54) is 0 Å². The van der Waals surface area contributed by atoms with Crippen LogP contribution in [0.25, 0.3) is 0 Å². The second kappa shape index (κ2) is 8.00. The standard InChI is InChI=1S/C14H23ClN2OS/c1-10(9-19-4)17(2)12(8-16)14-11(15)6-5-7-13(14)18-3/h5-7,10,12H,8-9,16H2,1-4H3. The van der Waals surface area contributed by atoms with Crippen LogP contribution in [0.15, 0.2) is 18.2 Å². The topological polar surface area (TPSA) is 38.5 Å². The monoisotopic (exact) mass is 302 g/mol. The van der Waals surface area contributed by atoms with Crippen LogP contribution in [0.2, 0.25) is 5.02 Å². The van der Waals surface area contributed by atoms with Crippen molar-refractivity contribution in [2.75, 3.05) is 32.7 Å². The molecule has 1 aromatic carbocycles. The van der Waals surface area contributed by atoms with Gasteiger partial charge < -0.3 is 10.5 Å². The zero-order valence-electron chi connectivity index (χ0n) is 12.0. The van der Waals surface area contributed by atoms with E-state index in [1.807, 2.05) is 30.0 Å². The van der Waals surface area contributed by atoms with Gasteiger partial charge in [-0.1, -0.05) is 17.7 Å². The fourth-order valence-electron chi connectivity index (χ4n) is 2.17. The molecule has 0 aliphatic carbocycles. The van der Waals surface area contributed by atoms with Crippen LogP contribution in [-0.2, 0) is 0 Å². The molecule has 0 bridgehead atoms. The molecule has 1 aromatic rings. The minimum Gasteiger partial charge on any atom is -0.496 e. The number of nitrogens with zero attached hydrogens (tertiary/aromatic N) is 1. The molecular weight excluding hydrogens is 280 g/mol. The van der Waals surface area contributed by atoms with Crippen molar-refractivity contribution in [2.45, 2.75) is 19.0 Å². The summed E-state index contributed by atoms with van der Waals surface area (Å²) < 4.78 is 5.43. The molecule has 2 unspecified atom stereocenters. The number of ether oxygens (including phenoxy) is 1. The molecular formula is C14H23ClN2OS.